The molecule has 0 bridgehead atoms. The van der Waals surface area contributed by atoms with Gasteiger partial charge in [-0.15, -0.1) is 6.42 Å². The molecule has 0 N–H and O–H groups in total. The van der Waals surface area contributed by atoms with Crippen LogP contribution in [0.2, 0.25) is 0 Å². The zero-order valence-corrected chi connectivity index (χ0v) is 33.2. The fourth-order valence-electron chi connectivity index (χ4n) is 10.1. The first-order valence-corrected chi connectivity index (χ1v) is 21.6. The highest BCUT2D eigenvalue weighted by Crippen LogP contribution is 2.57. The van der Waals surface area contributed by atoms with Crippen LogP contribution in [0.3, 0.4) is 0 Å². The van der Waals surface area contributed by atoms with Crippen LogP contribution in [0.25, 0.3) is 33.4 Å². The Labute approximate surface area is 318 Å². The number of unbranched alkanes of at least 4 members (excludes halogenated alkanes) is 12. The van der Waals surface area contributed by atoms with Gasteiger partial charge in [-0.3, -0.25) is 0 Å². The second kappa shape index (κ2) is 18.0. The van der Waals surface area contributed by atoms with Crippen LogP contribution in [0, 0.1) is 12.3 Å². The molecule has 0 radical (unpaired) electrons. The third kappa shape index (κ3) is 7.58. The van der Waals surface area contributed by atoms with Crippen molar-refractivity contribution in [3.05, 3.63) is 107 Å². The number of hydrogen-bond acceptors (Lipinski definition) is 0. The average Bonchev–Trinajstić information content (AvgIpc) is 3.61. The molecule has 4 aromatic rings. The van der Waals surface area contributed by atoms with Gasteiger partial charge in [-0.25, -0.2) is 0 Å². The van der Waals surface area contributed by atoms with E-state index in [1.165, 1.54) is 167 Å². The van der Waals surface area contributed by atoms with E-state index in [4.69, 9.17) is 6.42 Å². The van der Waals surface area contributed by atoms with E-state index in [-0.39, 0.29) is 10.8 Å². The van der Waals surface area contributed by atoms with Crippen molar-refractivity contribution in [3.63, 3.8) is 0 Å². The SMILES string of the molecule is C#Cc1ccc2c(c1)C(CCCCCC)(CCCCCC)c1cc(-c3ccc4c(c3)C(CCCCCC)(CCCCCC)c3ccccc3-4)ccc1-2. The Morgan fingerprint density at radius 3 is 1.23 bits per heavy atom. The van der Waals surface area contributed by atoms with E-state index in [1.54, 1.807) is 16.7 Å². The molecule has 0 aliphatic heterocycles. The van der Waals surface area contributed by atoms with Crippen LogP contribution in [0.15, 0.2) is 78.9 Å². The molecule has 0 saturated heterocycles. The molecule has 0 unspecified atom stereocenters. The van der Waals surface area contributed by atoms with Crippen molar-refractivity contribution in [1.82, 2.24) is 0 Å². The Bertz CT molecular complexity index is 1790. The summed E-state index contributed by atoms with van der Waals surface area (Å²) in [6.07, 6.45) is 31.7. The van der Waals surface area contributed by atoms with Crippen LogP contribution in [0.1, 0.15) is 184 Å². The van der Waals surface area contributed by atoms with Crippen molar-refractivity contribution in [2.45, 2.75) is 167 Å². The van der Waals surface area contributed by atoms with Crippen LogP contribution in [-0.2, 0) is 10.8 Å². The number of benzene rings is 4. The number of terminal acetylenes is 1. The number of fused-ring (bicyclic) bond motifs is 6. The molecule has 0 amide bonds. The van der Waals surface area contributed by atoms with E-state index in [2.05, 4.69) is 112 Å². The summed E-state index contributed by atoms with van der Waals surface area (Å²) in [7, 11) is 0. The highest BCUT2D eigenvalue weighted by atomic mass is 14.5. The lowest BCUT2D eigenvalue weighted by atomic mass is 9.69. The second-order valence-electron chi connectivity index (χ2n) is 16.4. The smallest absolute Gasteiger partial charge is 0.0246 e. The van der Waals surface area contributed by atoms with Crippen molar-refractivity contribution < 1.29 is 0 Å². The summed E-state index contributed by atoms with van der Waals surface area (Å²) in [5.41, 5.74) is 15.9. The molecule has 274 valence electrons. The summed E-state index contributed by atoms with van der Waals surface area (Å²) < 4.78 is 0. The van der Waals surface area contributed by atoms with E-state index < -0.39 is 0 Å². The van der Waals surface area contributed by atoms with E-state index in [1.807, 2.05) is 0 Å². The molecule has 0 spiro atoms. The van der Waals surface area contributed by atoms with Gasteiger partial charge in [0, 0.05) is 16.4 Å². The third-order valence-electron chi connectivity index (χ3n) is 13.0. The lowest BCUT2D eigenvalue weighted by Gasteiger charge is -2.34. The van der Waals surface area contributed by atoms with E-state index in [0.29, 0.717) is 0 Å². The Morgan fingerprint density at radius 2 is 0.788 bits per heavy atom. The van der Waals surface area contributed by atoms with E-state index >= 15 is 0 Å². The minimum absolute atomic E-state index is 0.0182. The molecular weight excluding hydrogens is 625 g/mol. The van der Waals surface area contributed by atoms with Crippen molar-refractivity contribution in [2.75, 3.05) is 0 Å². The van der Waals surface area contributed by atoms with Gasteiger partial charge in [-0.05, 0) is 106 Å². The third-order valence-corrected chi connectivity index (χ3v) is 13.0. The lowest BCUT2D eigenvalue weighted by molar-refractivity contribution is 0.400. The second-order valence-corrected chi connectivity index (χ2v) is 16.4. The number of hydrogen-bond donors (Lipinski definition) is 0. The standard InChI is InChI=1S/C52H66/c1-6-11-15-21-33-51(34-22-16-12-7-2)47-26-20-19-25-43(47)45-31-28-41(38-49(45)51)42-29-32-46-44-30-27-40(10-5)37-48(44)52(50(46)39-42,35-23-17-13-8-3)36-24-18-14-9-4/h5,19-20,25-32,37-39H,6-9,11-18,21-24,33-36H2,1-4H3. The predicted octanol–water partition coefficient (Wildman–Crippen LogP) is 15.7. The summed E-state index contributed by atoms with van der Waals surface area (Å²) in [5.74, 6) is 2.99. The first-order valence-electron chi connectivity index (χ1n) is 21.6. The maximum atomic E-state index is 6.06. The normalized spacial score (nSPS) is 14.4. The highest BCUT2D eigenvalue weighted by Gasteiger charge is 2.44. The molecule has 0 atom stereocenters. The van der Waals surface area contributed by atoms with E-state index in [9.17, 15) is 0 Å². The molecule has 2 aliphatic rings. The van der Waals surface area contributed by atoms with Crippen LogP contribution >= 0.6 is 0 Å². The van der Waals surface area contributed by atoms with Crippen molar-refractivity contribution in [3.8, 4) is 45.7 Å². The zero-order valence-electron chi connectivity index (χ0n) is 33.2. The minimum atomic E-state index is 0.0182. The van der Waals surface area contributed by atoms with Crippen LogP contribution in [0.4, 0.5) is 0 Å². The Morgan fingerprint density at radius 1 is 0.404 bits per heavy atom. The molecule has 6 rings (SSSR count). The molecule has 2 aliphatic carbocycles. The molecule has 0 fully saturated rings. The van der Waals surface area contributed by atoms with E-state index in [0.717, 1.165) is 5.56 Å². The first kappa shape index (κ1) is 38.2. The maximum Gasteiger partial charge on any atom is 0.0246 e. The summed E-state index contributed by atoms with van der Waals surface area (Å²) >= 11 is 0. The van der Waals surface area contributed by atoms with Gasteiger partial charge in [0.2, 0.25) is 0 Å². The summed E-state index contributed by atoms with van der Waals surface area (Å²) in [5, 5.41) is 0. The van der Waals surface area contributed by atoms with Gasteiger partial charge in [0.15, 0.2) is 0 Å². The average molecular weight is 691 g/mol. The molecule has 0 nitrogen and oxygen atoms in total. The summed E-state index contributed by atoms with van der Waals surface area (Å²) in [6, 6.07) is 31.4. The van der Waals surface area contributed by atoms with Gasteiger partial charge in [-0.2, -0.15) is 0 Å². The molecule has 0 aromatic heterocycles. The van der Waals surface area contributed by atoms with Gasteiger partial charge in [0.25, 0.3) is 0 Å². The molecule has 0 heteroatoms. The minimum Gasteiger partial charge on any atom is -0.115 e. The summed E-state index contributed by atoms with van der Waals surface area (Å²) in [6.45, 7) is 9.32. The zero-order chi connectivity index (χ0) is 36.4. The van der Waals surface area contributed by atoms with Crippen molar-refractivity contribution in [2.24, 2.45) is 0 Å². The first-order chi connectivity index (χ1) is 25.6. The van der Waals surface area contributed by atoms with Crippen molar-refractivity contribution >= 4 is 0 Å². The van der Waals surface area contributed by atoms with Gasteiger partial charge in [0.1, 0.15) is 0 Å². The molecule has 0 heterocycles. The van der Waals surface area contributed by atoms with Gasteiger partial charge < -0.3 is 0 Å². The maximum absolute atomic E-state index is 6.06. The molecular formula is C52H66. The van der Waals surface area contributed by atoms with Gasteiger partial charge >= 0.3 is 0 Å². The highest BCUT2D eigenvalue weighted by molar-refractivity contribution is 5.87. The predicted molar refractivity (Wildman–Crippen MR) is 227 cm³/mol. The Kier molecular flexibility index (Phi) is 13.2. The summed E-state index contributed by atoms with van der Waals surface area (Å²) in [4.78, 5) is 0. The molecule has 52 heavy (non-hydrogen) atoms. The van der Waals surface area contributed by atoms with Crippen LogP contribution in [0.5, 0.6) is 0 Å². The topological polar surface area (TPSA) is 0 Å². The largest absolute Gasteiger partial charge is 0.115 e. The van der Waals surface area contributed by atoms with Crippen LogP contribution < -0.4 is 0 Å². The lowest BCUT2D eigenvalue weighted by Crippen LogP contribution is -2.26. The monoisotopic (exact) mass is 691 g/mol. The van der Waals surface area contributed by atoms with Crippen LogP contribution in [-0.4, -0.2) is 0 Å². The Hall–Kier alpha value is -3.56. The van der Waals surface area contributed by atoms with Gasteiger partial charge in [0.05, 0.1) is 0 Å². The fraction of sp³-hybridized carbons (Fsp3) is 0.500. The molecule has 0 saturated carbocycles. The quantitative estimate of drug-likeness (QED) is 0.0603. The fourth-order valence-corrected chi connectivity index (χ4v) is 10.1. The van der Waals surface area contributed by atoms with Crippen molar-refractivity contribution in [1.29, 1.82) is 0 Å². The van der Waals surface area contributed by atoms with Gasteiger partial charge in [-0.1, -0.05) is 191 Å². The molecule has 4 aromatic carbocycles. The Balaban J connectivity index is 1.46. The number of rotatable bonds is 21.